The number of likely N-dealkylation sites (tertiary alicyclic amines) is 1. The summed E-state index contributed by atoms with van der Waals surface area (Å²) in [5.41, 5.74) is 0. The summed E-state index contributed by atoms with van der Waals surface area (Å²) in [6.07, 6.45) is 1.33. The maximum atomic E-state index is 5.39. The van der Waals surface area contributed by atoms with Crippen LogP contribution in [0.25, 0.3) is 0 Å². The van der Waals surface area contributed by atoms with E-state index in [-0.39, 0.29) is 0 Å². The van der Waals surface area contributed by atoms with Gasteiger partial charge in [0, 0.05) is 18.0 Å². The Hall–Kier alpha value is -0.0800. The van der Waals surface area contributed by atoms with Gasteiger partial charge in [0.25, 0.3) is 0 Å². The summed E-state index contributed by atoms with van der Waals surface area (Å²) < 4.78 is 5.39. The van der Waals surface area contributed by atoms with Crippen LogP contribution in [0.3, 0.4) is 0 Å². The average molecular weight is 141 g/mol. The number of ether oxygens (including phenoxy) is 1. The molecule has 2 aliphatic heterocycles. The monoisotopic (exact) mass is 141 g/mol. The van der Waals surface area contributed by atoms with Crippen LogP contribution < -0.4 is 0 Å². The Kier molecular flexibility index (Phi) is 1.46. The van der Waals surface area contributed by atoms with Crippen LogP contribution in [0.1, 0.15) is 13.3 Å². The number of likely N-dealkylation sites (N-methyl/N-ethyl adjacent to an activating group) is 1. The van der Waals surface area contributed by atoms with Crippen molar-refractivity contribution in [3.63, 3.8) is 0 Å². The molecule has 3 atom stereocenters. The second kappa shape index (κ2) is 2.21. The Morgan fingerprint density at radius 1 is 1.40 bits per heavy atom. The highest BCUT2D eigenvalue weighted by atomic mass is 16.5. The lowest BCUT2D eigenvalue weighted by atomic mass is 10.0. The van der Waals surface area contributed by atoms with Crippen LogP contribution in [-0.4, -0.2) is 37.2 Å². The second-order valence-corrected chi connectivity index (χ2v) is 3.62. The van der Waals surface area contributed by atoms with Gasteiger partial charge < -0.3 is 4.74 Å². The van der Waals surface area contributed by atoms with E-state index in [2.05, 4.69) is 18.9 Å². The van der Waals surface area contributed by atoms with E-state index in [4.69, 9.17) is 4.74 Å². The maximum absolute atomic E-state index is 5.39. The first-order valence-corrected chi connectivity index (χ1v) is 4.08. The Balaban J connectivity index is 2.09. The third-order valence-corrected chi connectivity index (χ3v) is 3.03. The van der Waals surface area contributed by atoms with E-state index in [1.54, 1.807) is 0 Å². The van der Waals surface area contributed by atoms with Gasteiger partial charge in [-0.2, -0.15) is 0 Å². The number of hydrogen-bond acceptors (Lipinski definition) is 2. The molecule has 0 aromatic carbocycles. The molecule has 0 amide bonds. The lowest BCUT2D eigenvalue weighted by Gasteiger charge is -2.20. The topological polar surface area (TPSA) is 12.5 Å². The predicted octanol–water partition coefficient (Wildman–Crippen LogP) is 0.725. The average Bonchev–Trinajstić information content (AvgIpc) is 2.41. The van der Waals surface area contributed by atoms with Gasteiger partial charge in [0.2, 0.25) is 0 Å². The molecule has 2 heteroatoms. The quantitative estimate of drug-likeness (QED) is 0.493. The molecule has 0 radical (unpaired) electrons. The second-order valence-electron chi connectivity index (χ2n) is 3.62. The van der Waals surface area contributed by atoms with Crippen molar-refractivity contribution in [1.82, 2.24) is 4.90 Å². The molecule has 2 aliphatic rings. The fraction of sp³-hybridized carbons (Fsp3) is 1.00. The molecule has 2 rings (SSSR count). The van der Waals surface area contributed by atoms with E-state index in [9.17, 15) is 0 Å². The first-order valence-electron chi connectivity index (χ1n) is 4.08. The maximum Gasteiger partial charge on any atom is 0.0625 e. The molecule has 0 unspecified atom stereocenters. The highest BCUT2D eigenvalue weighted by Crippen LogP contribution is 2.32. The third-order valence-electron chi connectivity index (χ3n) is 3.03. The fourth-order valence-corrected chi connectivity index (χ4v) is 2.19. The molecular formula is C8H15NO. The third kappa shape index (κ3) is 0.789. The minimum atomic E-state index is 0.731. The van der Waals surface area contributed by atoms with E-state index in [1.165, 1.54) is 6.42 Å². The highest BCUT2D eigenvalue weighted by Gasteiger charge is 2.40. The summed E-state index contributed by atoms with van der Waals surface area (Å²) in [6, 6.07) is 1.51. The molecule has 2 fully saturated rings. The van der Waals surface area contributed by atoms with Gasteiger partial charge in [-0.3, -0.25) is 4.90 Å². The Morgan fingerprint density at radius 3 is 2.90 bits per heavy atom. The standard InChI is InChI=1S/C8H15NO/c1-6-3-7-4-10-5-8(7)9(6)2/h6-8H,3-5H2,1-2H3/t6-,7-,8+/m0/s1. The van der Waals surface area contributed by atoms with Gasteiger partial charge in [-0.1, -0.05) is 0 Å². The van der Waals surface area contributed by atoms with Gasteiger partial charge in [0.1, 0.15) is 0 Å². The summed E-state index contributed by atoms with van der Waals surface area (Å²) in [7, 11) is 2.21. The Morgan fingerprint density at radius 2 is 2.20 bits per heavy atom. The molecule has 2 heterocycles. The summed E-state index contributed by atoms with van der Waals surface area (Å²) in [4.78, 5) is 2.46. The number of nitrogens with zero attached hydrogens (tertiary/aromatic N) is 1. The SMILES string of the molecule is C[C@H]1C[C@H]2COC[C@H]2N1C. The van der Waals surface area contributed by atoms with Gasteiger partial charge >= 0.3 is 0 Å². The van der Waals surface area contributed by atoms with Crippen LogP contribution in [-0.2, 0) is 4.74 Å². The zero-order valence-corrected chi connectivity index (χ0v) is 6.71. The lowest BCUT2D eigenvalue weighted by molar-refractivity contribution is 0.141. The molecule has 2 saturated heterocycles. The molecular weight excluding hydrogens is 126 g/mol. The van der Waals surface area contributed by atoms with Crippen LogP contribution in [0.5, 0.6) is 0 Å². The highest BCUT2D eigenvalue weighted by molar-refractivity contribution is 4.92. The summed E-state index contributed by atoms with van der Waals surface area (Å²) in [5.74, 6) is 0.833. The number of fused-ring (bicyclic) bond motifs is 1. The van der Waals surface area contributed by atoms with E-state index in [1.807, 2.05) is 0 Å². The van der Waals surface area contributed by atoms with Crippen molar-refractivity contribution in [2.75, 3.05) is 20.3 Å². The van der Waals surface area contributed by atoms with Gasteiger partial charge in [0.05, 0.1) is 13.2 Å². The first kappa shape index (κ1) is 6.62. The molecule has 0 aromatic heterocycles. The fourth-order valence-electron chi connectivity index (χ4n) is 2.19. The van der Waals surface area contributed by atoms with E-state index in [0.717, 1.165) is 31.2 Å². The van der Waals surface area contributed by atoms with Crippen molar-refractivity contribution in [2.45, 2.75) is 25.4 Å². The Labute approximate surface area is 62.2 Å². The van der Waals surface area contributed by atoms with Crippen LogP contribution >= 0.6 is 0 Å². The largest absolute Gasteiger partial charge is 0.379 e. The van der Waals surface area contributed by atoms with Crippen molar-refractivity contribution < 1.29 is 4.74 Å². The van der Waals surface area contributed by atoms with Crippen LogP contribution in [0.15, 0.2) is 0 Å². The lowest BCUT2D eigenvalue weighted by Crippen LogP contribution is -2.32. The first-order chi connectivity index (χ1) is 4.79. The molecule has 0 bridgehead atoms. The molecule has 0 saturated carbocycles. The van der Waals surface area contributed by atoms with Crippen LogP contribution in [0.4, 0.5) is 0 Å². The zero-order valence-electron chi connectivity index (χ0n) is 6.71. The van der Waals surface area contributed by atoms with Crippen LogP contribution in [0.2, 0.25) is 0 Å². The number of hydrogen-bond donors (Lipinski definition) is 0. The minimum absolute atomic E-state index is 0.731. The molecule has 0 spiro atoms. The van der Waals surface area contributed by atoms with E-state index >= 15 is 0 Å². The normalized spacial score (nSPS) is 48.0. The van der Waals surface area contributed by atoms with Gasteiger partial charge in [-0.25, -0.2) is 0 Å². The van der Waals surface area contributed by atoms with Gasteiger partial charge in [0.15, 0.2) is 0 Å². The number of rotatable bonds is 0. The summed E-state index contributed by atoms with van der Waals surface area (Å²) in [5, 5.41) is 0. The summed E-state index contributed by atoms with van der Waals surface area (Å²) >= 11 is 0. The van der Waals surface area contributed by atoms with Crippen molar-refractivity contribution in [3.8, 4) is 0 Å². The van der Waals surface area contributed by atoms with Crippen molar-refractivity contribution in [3.05, 3.63) is 0 Å². The summed E-state index contributed by atoms with van der Waals surface area (Å²) in [6.45, 7) is 4.27. The molecule has 58 valence electrons. The molecule has 0 aromatic rings. The Bertz CT molecular complexity index is 135. The zero-order chi connectivity index (χ0) is 7.14. The van der Waals surface area contributed by atoms with Gasteiger partial charge in [-0.05, 0) is 20.4 Å². The van der Waals surface area contributed by atoms with Crippen LogP contribution in [0, 0.1) is 5.92 Å². The minimum Gasteiger partial charge on any atom is -0.379 e. The molecule has 0 N–H and O–H groups in total. The van der Waals surface area contributed by atoms with Crippen molar-refractivity contribution in [2.24, 2.45) is 5.92 Å². The molecule has 2 nitrogen and oxygen atoms in total. The van der Waals surface area contributed by atoms with Crippen molar-refractivity contribution in [1.29, 1.82) is 0 Å². The predicted molar refractivity (Wildman–Crippen MR) is 39.9 cm³/mol. The van der Waals surface area contributed by atoms with E-state index < -0.39 is 0 Å². The van der Waals surface area contributed by atoms with Crippen molar-refractivity contribution >= 4 is 0 Å². The van der Waals surface area contributed by atoms with E-state index in [0.29, 0.717) is 0 Å². The molecule has 0 aliphatic carbocycles. The smallest absolute Gasteiger partial charge is 0.0625 e. The molecule has 10 heavy (non-hydrogen) atoms. The van der Waals surface area contributed by atoms with Gasteiger partial charge in [-0.15, -0.1) is 0 Å².